The van der Waals surface area contributed by atoms with Gasteiger partial charge in [0, 0.05) is 12.8 Å². The second-order valence-electron chi connectivity index (χ2n) is 4.58. The SMILES string of the molecule is Cc1ccccc1CCc1nc(CCN)c(C)o1. The monoisotopic (exact) mass is 244 g/mol. The van der Waals surface area contributed by atoms with Crippen LogP contribution in [0.1, 0.15) is 28.5 Å². The van der Waals surface area contributed by atoms with Gasteiger partial charge in [0.2, 0.25) is 0 Å². The predicted octanol–water partition coefficient (Wildman–Crippen LogP) is 2.58. The first-order valence-electron chi connectivity index (χ1n) is 6.40. The van der Waals surface area contributed by atoms with Crippen molar-refractivity contribution in [2.75, 3.05) is 6.54 Å². The summed E-state index contributed by atoms with van der Waals surface area (Å²) in [5.74, 6) is 1.72. The van der Waals surface area contributed by atoms with E-state index in [1.165, 1.54) is 11.1 Å². The van der Waals surface area contributed by atoms with E-state index in [1.807, 2.05) is 6.92 Å². The number of hydrogen-bond acceptors (Lipinski definition) is 3. The van der Waals surface area contributed by atoms with Crippen LogP contribution in [0.5, 0.6) is 0 Å². The highest BCUT2D eigenvalue weighted by molar-refractivity contribution is 5.26. The molecule has 1 aromatic carbocycles. The van der Waals surface area contributed by atoms with Crippen LogP contribution in [0.25, 0.3) is 0 Å². The van der Waals surface area contributed by atoms with Gasteiger partial charge in [-0.15, -0.1) is 0 Å². The molecule has 0 spiro atoms. The lowest BCUT2D eigenvalue weighted by Crippen LogP contribution is -2.04. The predicted molar refractivity (Wildman–Crippen MR) is 72.6 cm³/mol. The van der Waals surface area contributed by atoms with Crippen molar-refractivity contribution < 1.29 is 4.42 Å². The highest BCUT2D eigenvalue weighted by Gasteiger charge is 2.09. The summed E-state index contributed by atoms with van der Waals surface area (Å²) < 4.78 is 5.66. The van der Waals surface area contributed by atoms with Gasteiger partial charge in [-0.2, -0.15) is 0 Å². The zero-order chi connectivity index (χ0) is 13.0. The highest BCUT2D eigenvalue weighted by Crippen LogP contribution is 2.14. The molecule has 1 aromatic heterocycles. The molecule has 0 radical (unpaired) electrons. The minimum absolute atomic E-state index is 0.616. The molecule has 3 nitrogen and oxygen atoms in total. The Morgan fingerprint density at radius 1 is 1.11 bits per heavy atom. The maximum absolute atomic E-state index is 5.66. The van der Waals surface area contributed by atoms with Gasteiger partial charge in [-0.25, -0.2) is 4.98 Å². The number of oxazole rings is 1. The average Bonchev–Trinajstić information content (AvgIpc) is 2.70. The van der Waals surface area contributed by atoms with E-state index in [0.717, 1.165) is 36.6 Å². The molecule has 0 bridgehead atoms. The zero-order valence-corrected chi connectivity index (χ0v) is 11.1. The van der Waals surface area contributed by atoms with E-state index in [9.17, 15) is 0 Å². The van der Waals surface area contributed by atoms with Crippen molar-refractivity contribution in [3.63, 3.8) is 0 Å². The van der Waals surface area contributed by atoms with Gasteiger partial charge in [-0.05, 0) is 37.9 Å². The van der Waals surface area contributed by atoms with Gasteiger partial charge < -0.3 is 10.2 Å². The van der Waals surface area contributed by atoms with Crippen LogP contribution >= 0.6 is 0 Å². The molecule has 2 N–H and O–H groups in total. The fourth-order valence-electron chi connectivity index (χ4n) is 2.10. The van der Waals surface area contributed by atoms with Gasteiger partial charge >= 0.3 is 0 Å². The summed E-state index contributed by atoms with van der Waals surface area (Å²) in [4.78, 5) is 4.50. The van der Waals surface area contributed by atoms with Crippen LogP contribution in [0.2, 0.25) is 0 Å². The van der Waals surface area contributed by atoms with Crippen LogP contribution in [0.4, 0.5) is 0 Å². The highest BCUT2D eigenvalue weighted by atomic mass is 16.4. The van der Waals surface area contributed by atoms with Crippen molar-refractivity contribution in [3.8, 4) is 0 Å². The maximum Gasteiger partial charge on any atom is 0.194 e. The van der Waals surface area contributed by atoms with Crippen molar-refractivity contribution in [1.29, 1.82) is 0 Å². The Hall–Kier alpha value is -1.61. The fourth-order valence-corrected chi connectivity index (χ4v) is 2.10. The third kappa shape index (κ3) is 2.99. The summed E-state index contributed by atoms with van der Waals surface area (Å²) in [6, 6.07) is 8.43. The lowest BCUT2D eigenvalue weighted by atomic mass is 10.0. The molecule has 0 amide bonds. The second-order valence-corrected chi connectivity index (χ2v) is 4.58. The van der Waals surface area contributed by atoms with E-state index < -0.39 is 0 Å². The largest absolute Gasteiger partial charge is 0.446 e. The summed E-state index contributed by atoms with van der Waals surface area (Å²) in [6.07, 6.45) is 2.60. The molecule has 0 aliphatic carbocycles. The maximum atomic E-state index is 5.66. The molecule has 0 fully saturated rings. The number of aromatic nitrogens is 1. The van der Waals surface area contributed by atoms with Gasteiger partial charge in [0.1, 0.15) is 5.76 Å². The molecule has 0 aliphatic heterocycles. The Labute approximate surface area is 108 Å². The van der Waals surface area contributed by atoms with Crippen LogP contribution in [-0.2, 0) is 19.3 Å². The summed E-state index contributed by atoms with van der Waals surface area (Å²) >= 11 is 0. The lowest BCUT2D eigenvalue weighted by molar-refractivity contribution is 0.469. The molecule has 18 heavy (non-hydrogen) atoms. The molecule has 0 atom stereocenters. The average molecular weight is 244 g/mol. The Morgan fingerprint density at radius 3 is 2.61 bits per heavy atom. The molecule has 0 unspecified atom stereocenters. The number of nitrogens with two attached hydrogens (primary N) is 1. The van der Waals surface area contributed by atoms with Crippen molar-refractivity contribution in [3.05, 3.63) is 52.7 Å². The van der Waals surface area contributed by atoms with Crippen LogP contribution in [-0.4, -0.2) is 11.5 Å². The smallest absolute Gasteiger partial charge is 0.194 e. The van der Waals surface area contributed by atoms with Gasteiger partial charge in [0.15, 0.2) is 5.89 Å². The van der Waals surface area contributed by atoms with Gasteiger partial charge in [0.25, 0.3) is 0 Å². The number of hydrogen-bond donors (Lipinski definition) is 1. The van der Waals surface area contributed by atoms with Crippen molar-refractivity contribution in [2.24, 2.45) is 5.73 Å². The Morgan fingerprint density at radius 2 is 1.89 bits per heavy atom. The van der Waals surface area contributed by atoms with Crippen molar-refractivity contribution in [2.45, 2.75) is 33.1 Å². The summed E-state index contributed by atoms with van der Waals surface area (Å²) in [7, 11) is 0. The van der Waals surface area contributed by atoms with E-state index >= 15 is 0 Å². The first-order chi connectivity index (χ1) is 8.70. The van der Waals surface area contributed by atoms with E-state index in [1.54, 1.807) is 0 Å². The van der Waals surface area contributed by atoms with E-state index in [4.69, 9.17) is 10.2 Å². The van der Waals surface area contributed by atoms with Gasteiger partial charge in [-0.3, -0.25) is 0 Å². The molecule has 2 rings (SSSR count). The van der Waals surface area contributed by atoms with E-state index in [-0.39, 0.29) is 0 Å². The van der Waals surface area contributed by atoms with Crippen LogP contribution < -0.4 is 5.73 Å². The van der Waals surface area contributed by atoms with Crippen LogP contribution in [0, 0.1) is 13.8 Å². The lowest BCUT2D eigenvalue weighted by Gasteiger charge is -2.02. The first-order valence-corrected chi connectivity index (χ1v) is 6.40. The van der Waals surface area contributed by atoms with Gasteiger partial charge in [-0.1, -0.05) is 24.3 Å². The standard InChI is InChI=1S/C15H20N2O/c1-11-5-3-4-6-13(11)7-8-15-17-14(9-10-16)12(2)18-15/h3-6H,7-10,16H2,1-2H3. The Balaban J connectivity index is 2.02. The Bertz CT molecular complexity index is 517. The number of aryl methyl sites for hydroxylation is 4. The quantitative estimate of drug-likeness (QED) is 0.879. The Kier molecular flexibility index (Phi) is 4.15. The number of benzene rings is 1. The molecule has 3 heteroatoms. The second kappa shape index (κ2) is 5.83. The first kappa shape index (κ1) is 12.8. The number of nitrogens with zero attached hydrogens (tertiary/aromatic N) is 1. The molecule has 1 heterocycles. The summed E-state index contributed by atoms with van der Waals surface area (Å²) in [6.45, 7) is 4.70. The van der Waals surface area contributed by atoms with Crippen molar-refractivity contribution in [1.82, 2.24) is 4.98 Å². The third-order valence-corrected chi connectivity index (χ3v) is 3.19. The molecular formula is C15H20N2O. The minimum Gasteiger partial charge on any atom is -0.446 e. The van der Waals surface area contributed by atoms with Gasteiger partial charge in [0.05, 0.1) is 5.69 Å². The van der Waals surface area contributed by atoms with Crippen LogP contribution in [0.15, 0.2) is 28.7 Å². The summed E-state index contributed by atoms with van der Waals surface area (Å²) in [5, 5.41) is 0. The van der Waals surface area contributed by atoms with E-state index in [0.29, 0.717) is 6.54 Å². The van der Waals surface area contributed by atoms with E-state index in [2.05, 4.69) is 36.2 Å². The molecule has 0 saturated carbocycles. The summed E-state index contributed by atoms with van der Waals surface area (Å²) in [5.41, 5.74) is 9.22. The fraction of sp³-hybridized carbons (Fsp3) is 0.400. The van der Waals surface area contributed by atoms with Crippen LogP contribution in [0.3, 0.4) is 0 Å². The molecule has 0 aliphatic rings. The molecule has 96 valence electrons. The van der Waals surface area contributed by atoms with Crippen molar-refractivity contribution >= 4 is 0 Å². The zero-order valence-electron chi connectivity index (χ0n) is 11.1. The number of rotatable bonds is 5. The normalized spacial score (nSPS) is 10.8. The minimum atomic E-state index is 0.616. The molecular weight excluding hydrogens is 224 g/mol. The topological polar surface area (TPSA) is 52.0 Å². The molecule has 0 saturated heterocycles. The molecule has 2 aromatic rings. The third-order valence-electron chi connectivity index (χ3n) is 3.19.